The van der Waals surface area contributed by atoms with Gasteiger partial charge in [-0.3, -0.25) is 0 Å². The van der Waals surface area contributed by atoms with Crippen molar-refractivity contribution < 1.29 is 0 Å². The van der Waals surface area contributed by atoms with E-state index in [1.165, 1.54) is 10.1 Å². The maximum atomic E-state index is 4.34. The van der Waals surface area contributed by atoms with E-state index in [1.54, 1.807) is 11.3 Å². The number of rotatable bonds is 1. The van der Waals surface area contributed by atoms with Crippen LogP contribution in [0.5, 0.6) is 0 Å². The highest BCUT2D eigenvalue weighted by Crippen LogP contribution is 2.30. The van der Waals surface area contributed by atoms with Gasteiger partial charge >= 0.3 is 0 Å². The first kappa shape index (κ1) is 9.85. The van der Waals surface area contributed by atoms with Gasteiger partial charge in [-0.25, -0.2) is 4.98 Å². The summed E-state index contributed by atoms with van der Waals surface area (Å²) in [7, 11) is 0. The Hall–Kier alpha value is -2.13. The Bertz CT molecular complexity index is 809. The van der Waals surface area contributed by atoms with E-state index in [0.717, 1.165) is 22.3 Å². The third-order valence-corrected chi connectivity index (χ3v) is 3.86. The van der Waals surface area contributed by atoms with Gasteiger partial charge in [0.15, 0.2) is 5.51 Å². The van der Waals surface area contributed by atoms with Crippen molar-refractivity contribution in [3.63, 3.8) is 0 Å². The van der Waals surface area contributed by atoms with Gasteiger partial charge in [0.1, 0.15) is 0 Å². The Morgan fingerprint density at radius 3 is 2.94 bits per heavy atom. The van der Waals surface area contributed by atoms with Crippen molar-refractivity contribution >= 4 is 32.5 Å². The summed E-state index contributed by atoms with van der Waals surface area (Å²) in [4.78, 5) is 7.78. The number of para-hydroxylation sites is 2. The number of nitrogens with one attached hydrogen (secondary N) is 1. The summed E-state index contributed by atoms with van der Waals surface area (Å²) in [5.74, 6) is 0. The third-order valence-electron chi connectivity index (χ3n) is 3.13. The summed E-state index contributed by atoms with van der Waals surface area (Å²) in [5.41, 5.74) is 7.39. The number of hydrogen-bond donors (Lipinski definition) is 1. The van der Waals surface area contributed by atoms with E-state index in [-0.39, 0.29) is 0 Å². The van der Waals surface area contributed by atoms with Gasteiger partial charge in [0.2, 0.25) is 0 Å². The summed E-state index contributed by atoms with van der Waals surface area (Å²) in [6, 6.07) is 16.7. The second kappa shape index (κ2) is 3.68. The minimum atomic E-state index is 1.02. The molecule has 0 saturated carbocycles. The van der Waals surface area contributed by atoms with Gasteiger partial charge in [-0.1, -0.05) is 30.3 Å². The number of nitrogens with zero attached hydrogens (tertiary/aromatic N) is 1. The molecule has 0 saturated heterocycles. The second-order valence-corrected chi connectivity index (χ2v) is 5.05. The van der Waals surface area contributed by atoms with E-state index in [0.29, 0.717) is 0 Å². The Balaban J connectivity index is 2.04. The van der Waals surface area contributed by atoms with Crippen LogP contribution in [0.15, 0.2) is 48.5 Å². The molecule has 1 N–H and O–H groups in total. The minimum Gasteiger partial charge on any atom is -0.354 e. The molecule has 0 spiro atoms. The number of hydrogen-bond acceptors (Lipinski definition) is 2. The topological polar surface area (TPSA) is 28.7 Å². The van der Waals surface area contributed by atoms with Crippen molar-refractivity contribution in [2.24, 2.45) is 0 Å². The van der Waals surface area contributed by atoms with Crippen molar-refractivity contribution in [3.8, 4) is 11.3 Å². The van der Waals surface area contributed by atoms with Crippen LogP contribution in [0.2, 0.25) is 0 Å². The van der Waals surface area contributed by atoms with Crippen LogP contribution >= 0.6 is 11.3 Å². The maximum absolute atomic E-state index is 4.34. The molecule has 0 aliphatic rings. The summed E-state index contributed by atoms with van der Waals surface area (Å²) in [5, 5.41) is 1.23. The molecular weight excluding hydrogens is 240 g/mol. The zero-order valence-corrected chi connectivity index (χ0v) is 10.3. The highest BCUT2D eigenvalue weighted by atomic mass is 32.1. The molecule has 18 heavy (non-hydrogen) atoms. The molecule has 2 nitrogen and oxygen atoms in total. The van der Waals surface area contributed by atoms with Crippen LogP contribution in [-0.2, 0) is 0 Å². The van der Waals surface area contributed by atoms with Gasteiger partial charge in [-0.2, -0.15) is 0 Å². The Morgan fingerprint density at radius 2 is 2.00 bits per heavy atom. The highest BCUT2D eigenvalue weighted by molar-refractivity contribution is 7.16. The quantitative estimate of drug-likeness (QED) is 0.537. The highest BCUT2D eigenvalue weighted by Gasteiger charge is 2.08. The average Bonchev–Trinajstić information content (AvgIpc) is 3.04. The minimum absolute atomic E-state index is 1.02. The van der Waals surface area contributed by atoms with Gasteiger partial charge < -0.3 is 4.98 Å². The van der Waals surface area contributed by atoms with Crippen molar-refractivity contribution in [2.75, 3.05) is 0 Å². The molecule has 3 heteroatoms. The van der Waals surface area contributed by atoms with Crippen LogP contribution in [0.25, 0.3) is 32.4 Å². The lowest BCUT2D eigenvalue weighted by atomic mass is 10.1. The molecule has 0 aliphatic heterocycles. The largest absolute Gasteiger partial charge is 0.354 e. The van der Waals surface area contributed by atoms with E-state index >= 15 is 0 Å². The van der Waals surface area contributed by atoms with E-state index in [2.05, 4.69) is 57.9 Å². The number of fused-ring (bicyclic) bond motifs is 2. The van der Waals surface area contributed by atoms with Gasteiger partial charge in [-0.15, -0.1) is 11.3 Å². The molecule has 0 amide bonds. The zero-order chi connectivity index (χ0) is 11.9. The molecule has 2 aromatic carbocycles. The summed E-state index contributed by atoms with van der Waals surface area (Å²) >= 11 is 1.55. The molecule has 2 aromatic heterocycles. The first-order valence-electron chi connectivity index (χ1n) is 5.75. The summed E-state index contributed by atoms with van der Waals surface area (Å²) in [6.07, 6.45) is 0. The fraction of sp³-hybridized carbons (Fsp3) is 0. The van der Waals surface area contributed by atoms with Crippen molar-refractivity contribution in [1.29, 1.82) is 0 Å². The van der Waals surface area contributed by atoms with E-state index in [9.17, 15) is 0 Å². The molecule has 0 aliphatic carbocycles. The van der Waals surface area contributed by atoms with E-state index in [1.807, 2.05) is 6.07 Å². The molecule has 0 bridgehead atoms. The number of H-pyrrole nitrogens is 1. The lowest BCUT2D eigenvalue weighted by Crippen LogP contribution is -1.79. The predicted octanol–water partition coefficient (Wildman–Crippen LogP) is 4.24. The molecule has 4 rings (SSSR count). The molecule has 85 valence electrons. The molecule has 2 heterocycles. The zero-order valence-electron chi connectivity index (χ0n) is 9.47. The normalized spacial score (nSPS) is 11.3. The van der Waals surface area contributed by atoms with Crippen molar-refractivity contribution in [1.82, 2.24) is 9.97 Å². The molecule has 4 aromatic rings. The van der Waals surface area contributed by atoms with E-state index < -0.39 is 0 Å². The van der Waals surface area contributed by atoms with E-state index in [4.69, 9.17) is 0 Å². The predicted molar refractivity (Wildman–Crippen MR) is 75.7 cm³/mol. The Kier molecular flexibility index (Phi) is 2.02. The fourth-order valence-electron chi connectivity index (χ4n) is 2.27. The van der Waals surface area contributed by atoms with Gasteiger partial charge in [-0.05, 0) is 18.2 Å². The number of benzene rings is 2. The monoisotopic (exact) mass is 249 g/mol. The molecule has 0 atom stereocenters. The summed E-state index contributed by atoms with van der Waals surface area (Å²) < 4.78 is 1.17. The van der Waals surface area contributed by atoms with Crippen LogP contribution in [0.3, 0.4) is 0 Å². The fourth-order valence-corrected chi connectivity index (χ4v) is 2.91. The lowest BCUT2D eigenvalue weighted by molar-refractivity contribution is 1.43. The smallest absolute Gasteiger partial charge is 0.153 e. The molecular formula is C15H9N2S. The third kappa shape index (κ3) is 1.38. The van der Waals surface area contributed by atoms with Crippen LogP contribution in [0, 0.1) is 5.51 Å². The molecule has 0 fully saturated rings. The van der Waals surface area contributed by atoms with Gasteiger partial charge in [0, 0.05) is 22.2 Å². The van der Waals surface area contributed by atoms with Crippen LogP contribution in [0.4, 0.5) is 0 Å². The standard InChI is InChI=1S/C15H9N2S/c1-2-6-12-10(4-1)8-13(17-12)11-5-3-7-14-15(11)16-9-18-14/h1-8,17H. The van der Waals surface area contributed by atoms with Crippen molar-refractivity contribution in [3.05, 3.63) is 54.0 Å². The molecule has 0 unspecified atom stereocenters. The first-order valence-corrected chi connectivity index (χ1v) is 6.57. The number of aromatic nitrogens is 2. The number of aromatic amines is 1. The Labute approximate surface area is 108 Å². The first-order chi connectivity index (χ1) is 8.92. The maximum Gasteiger partial charge on any atom is 0.153 e. The van der Waals surface area contributed by atoms with Crippen molar-refractivity contribution in [2.45, 2.75) is 0 Å². The summed E-state index contributed by atoms with van der Waals surface area (Å²) in [6.45, 7) is 0. The SMILES string of the molecule is [c]1nc2c(-c3cc4ccccc4[nH]3)cccc2s1. The lowest BCUT2D eigenvalue weighted by Gasteiger charge is -1.98. The van der Waals surface area contributed by atoms with Crippen LogP contribution < -0.4 is 0 Å². The van der Waals surface area contributed by atoms with Gasteiger partial charge in [0.05, 0.1) is 10.2 Å². The number of thiazole rings is 1. The van der Waals surface area contributed by atoms with Crippen LogP contribution in [0.1, 0.15) is 0 Å². The van der Waals surface area contributed by atoms with Gasteiger partial charge in [0.25, 0.3) is 0 Å². The molecule has 1 radical (unpaired) electrons. The average molecular weight is 249 g/mol. The second-order valence-electron chi connectivity index (χ2n) is 4.23. The van der Waals surface area contributed by atoms with Crippen LogP contribution in [-0.4, -0.2) is 9.97 Å². The Morgan fingerprint density at radius 1 is 1.06 bits per heavy atom.